The first kappa shape index (κ1) is 15.7. The van der Waals surface area contributed by atoms with Crippen LogP contribution in [0.25, 0.3) is 0 Å². The number of hydrogen-bond donors (Lipinski definition) is 1. The van der Waals surface area contributed by atoms with Crippen molar-refractivity contribution < 1.29 is 9.53 Å². The van der Waals surface area contributed by atoms with Crippen molar-refractivity contribution >= 4 is 60.4 Å². The van der Waals surface area contributed by atoms with Gasteiger partial charge < -0.3 is 10.1 Å². The van der Waals surface area contributed by atoms with E-state index in [1.165, 1.54) is 0 Å². The number of amides is 1. The van der Waals surface area contributed by atoms with Gasteiger partial charge in [-0.05, 0) is 53.6 Å². The summed E-state index contributed by atoms with van der Waals surface area (Å²) in [6.45, 7) is 1.39. The number of hydrogen-bond acceptors (Lipinski definition) is 2. The zero-order chi connectivity index (χ0) is 13.9. The molecule has 1 aromatic rings. The minimum absolute atomic E-state index is 0.0212. The molecule has 1 heterocycles. The van der Waals surface area contributed by atoms with E-state index in [1.807, 2.05) is 18.2 Å². The van der Waals surface area contributed by atoms with E-state index in [0.717, 1.165) is 26.2 Å². The molecule has 0 aliphatic carbocycles. The standard InChI is InChI=1S/C13H14Br2INO2/c14-8-13(3-5-19-6-4-13)17-12(18)10-7-9(15)1-2-11(10)16/h1-2,7H,3-6,8H2,(H,17,18). The maximum atomic E-state index is 12.5. The van der Waals surface area contributed by atoms with Crippen LogP contribution in [0.3, 0.4) is 0 Å². The van der Waals surface area contributed by atoms with Gasteiger partial charge in [0.25, 0.3) is 5.91 Å². The highest BCUT2D eigenvalue weighted by molar-refractivity contribution is 14.1. The largest absolute Gasteiger partial charge is 0.381 e. The summed E-state index contributed by atoms with van der Waals surface area (Å²) in [5.74, 6) is -0.0212. The van der Waals surface area contributed by atoms with Crippen LogP contribution in [-0.2, 0) is 4.74 Å². The van der Waals surface area contributed by atoms with Gasteiger partial charge in [0.2, 0.25) is 0 Å². The van der Waals surface area contributed by atoms with E-state index in [0.29, 0.717) is 18.8 Å². The Bertz CT molecular complexity index is 476. The van der Waals surface area contributed by atoms with Gasteiger partial charge in [0.15, 0.2) is 0 Å². The number of halogens is 3. The first-order chi connectivity index (χ1) is 9.06. The second-order valence-electron chi connectivity index (χ2n) is 4.60. The van der Waals surface area contributed by atoms with Crippen LogP contribution in [-0.4, -0.2) is 30.0 Å². The summed E-state index contributed by atoms with van der Waals surface area (Å²) in [5, 5.41) is 3.92. The Morgan fingerprint density at radius 2 is 2.11 bits per heavy atom. The van der Waals surface area contributed by atoms with Crippen molar-refractivity contribution in [3.63, 3.8) is 0 Å². The Morgan fingerprint density at radius 1 is 1.42 bits per heavy atom. The number of ether oxygens (including phenoxy) is 1. The van der Waals surface area contributed by atoms with Gasteiger partial charge in [-0.3, -0.25) is 4.79 Å². The van der Waals surface area contributed by atoms with Gasteiger partial charge in [-0.2, -0.15) is 0 Å². The number of benzene rings is 1. The average molecular weight is 503 g/mol. The fraction of sp³-hybridized carbons (Fsp3) is 0.462. The van der Waals surface area contributed by atoms with Gasteiger partial charge in [-0.25, -0.2) is 0 Å². The highest BCUT2D eigenvalue weighted by Gasteiger charge is 2.33. The smallest absolute Gasteiger partial charge is 0.252 e. The van der Waals surface area contributed by atoms with Gasteiger partial charge in [0.05, 0.1) is 11.1 Å². The first-order valence-electron chi connectivity index (χ1n) is 5.98. The van der Waals surface area contributed by atoms with Crippen LogP contribution in [0.4, 0.5) is 0 Å². The summed E-state index contributed by atoms with van der Waals surface area (Å²) < 4.78 is 7.24. The van der Waals surface area contributed by atoms with Gasteiger partial charge in [0.1, 0.15) is 0 Å². The molecule has 0 saturated carbocycles. The van der Waals surface area contributed by atoms with E-state index in [1.54, 1.807) is 0 Å². The molecule has 1 amide bonds. The minimum Gasteiger partial charge on any atom is -0.381 e. The highest BCUT2D eigenvalue weighted by atomic mass is 127. The van der Waals surface area contributed by atoms with Crippen LogP contribution in [0.2, 0.25) is 0 Å². The van der Waals surface area contributed by atoms with E-state index in [2.05, 4.69) is 59.8 Å². The molecule has 1 aromatic carbocycles. The third-order valence-corrected chi connectivity index (χ3v) is 5.76. The molecule has 1 N–H and O–H groups in total. The molecule has 104 valence electrons. The summed E-state index contributed by atoms with van der Waals surface area (Å²) in [7, 11) is 0. The quantitative estimate of drug-likeness (QED) is 0.505. The van der Waals surface area contributed by atoms with Crippen LogP contribution in [0, 0.1) is 3.57 Å². The van der Waals surface area contributed by atoms with Crippen LogP contribution in [0.5, 0.6) is 0 Å². The second kappa shape index (κ2) is 6.87. The van der Waals surface area contributed by atoms with Gasteiger partial charge in [-0.1, -0.05) is 31.9 Å². The van der Waals surface area contributed by atoms with Crippen molar-refractivity contribution in [1.29, 1.82) is 0 Å². The van der Waals surface area contributed by atoms with Crippen molar-refractivity contribution in [2.45, 2.75) is 18.4 Å². The monoisotopic (exact) mass is 501 g/mol. The molecular formula is C13H14Br2INO2. The average Bonchev–Trinajstić information content (AvgIpc) is 2.42. The fourth-order valence-corrected chi connectivity index (χ4v) is 3.68. The lowest BCUT2D eigenvalue weighted by atomic mass is 9.92. The first-order valence-corrected chi connectivity index (χ1v) is 8.97. The molecule has 19 heavy (non-hydrogen) atoms. The molecule has 1 fully saturated rings. The zero-order valence-corrected chi connectivity index (χ0v) is 15.5. The molecular weight excluding hydrogens is 489 g/mol. The van der Waals surface area contributed by atoms with Crippen molar-refractivity contribution in [2.24, 2.45) is 0 Å². The van der Waals surface area contributed by atoms with E-state index < -0.39 is 0 Å². The summed E-state index contributed by atoms with van der Waals surface area (Å²) in [6.07, 6.45) is 1.68. The SMILES string of the molecule is O=C(NC1(CBr)CCOCC1)c1cc(Br)ccc1I. The van der Waals surface area contributed by atoms with Crippen LogP contribution >= 0.6 is 54.5 Å². The van der Waals surface area contributed by atoms with Crippen LogP contribution in [0.15, 0.2) is 22.7 Å². The maximum absolute atomic E-state index is 12.5. The Kier molecular flexibility index (Phi) is 5.68. The van der Waals surface area contributed by atoms with E-state index >= 15 is 0 Å². The van der Waals surface area contributed by atoms with Crippen LogP contribution < -0.4 is 5.32 Å². The highest BCUT2D eigenvalue weighted by Crippen LogP contribution is 2.25. The van der Waals surface area contributed by atoms with E-state index in [-0.39, 0.29) is 11.4 Å². The van der Waals surface area contributed by atoms with E-state index in [4.69, 9.17) is 4.74 Å². The normalized spacial score (nSPS) is 18.1. The number of nitrogens with one attached hydrogen (secondary N) is 1. The van der Waals surface area contributed by atoms with Crippen molar-refractivity contribution in [3.05, 3.63) is 31.8 Å². The summed E-state index contributed by atoms with van der Waals surface area (Å²) in [5.41, 5.74) is 0.516. The maximum Gasteiger partial charge on any atom is 0.252 e. The summed E-state index contributed by atoms with van der Waals surface area (Å²) >= 11 is 9.11. The third kappa shape index (κ3) is 3.92. The van der Waals surface area contributed by atoms with Crippen molar-refractivity contribution in [2.75, 3.05) is 18.5 Å². The minimum atomic E-state index is -0.194. The molecule has 1 aliphatic heterocycles. The number of carbonyl (C=O) groups is 1. The van der Waals surface area contributed by atoms with Gasteiger partial charge >= 0.3 is 0 Å². The topological polar surface area (TPSA) is 38.3 Å². The Labute approximate surface area is 143 Å². The lowest BCUT2D eigenvalue weighted by molar-refractivity contribution is 0.0441. The van der Waals surface area contributed by atoms with Crippen LogP contribution in [0.1, 0.15) is 23.2 Å². The fourth-order valence-electron chi connectivity index (χ4n) is 2.03. The van der Waals surface area contributed by atoms with Crippen molar-refractivity contribution in [1.82, 2.24) is 5.32 Å². The molecule has 0 aromatic heterocycles. The van der Waals surface area contributed by atoms with Crippen molar-refractivity contribution in [3.8, 4) is 0 Å². The molecule has 0 atom stereocenters. The number of rotatable bonds is 3. The lowest BCUT2D eigenvalue weighted by Crippen LogP contribution is -2.53. The molecule has 0 radical (unpaired) electrons. The molecule has 6 heteroatoms. The number of alkyl halides is 1. The van der Waals surface area contributed by atoms with E-state index in [9.17, 15) is 4.79 Å². The molecule has 1 aliphatic rings. The molecule has 0 bridgehead atoms. The summed E-state index contributed by atoms with van der Waals surface area (Å²) in [6, 6.07) is 5.73. The molecule has 1 saturated heterocycles. The molecule has 3 nitrogen and oxygen atoms in total. The Balaban J connectivity index is 2.17. The predicted octanol–water partition coefficient (Wildman–Crippen LogP) is 3.73. The molecule has 0 unspecified atom stereocenters. The zero-order valence-electron chi connectivity index (χ0n) is 10.2. The predicted molar refractivity (Wildman–Crippen MR) is 90.9 cm³/mol. The number of carbonyl (C=O) groups excluding carboxylic acids is 1. The summed E-state index contributed by atoms with van der Waals surface area (Å²) in [4.78, 5) is 12.5. The molecule has 0 spiro atoms. The van der Waals surface area contributed by atoms with Gasteiger partial charge in [-0.15, -0.1) is 0 Å². The molecule has 2 rings (SSSR count). The Hall–Kier alpha value is 0.340. The second-order valence-corrected chi connectivity index (χ2v) is 7.24. The van der Waals surface area contributed by atoms with Gasteiger partial charge in [0, 0.05) is 26.6 Å². The lowest BCUT2D eigenvalue weighted by Gasteiger charge is -2.36. The third-order valence-electron chi connectivity index (χ3n) is 3.26. The Morgan fingerprint density at radius 3 is 2.74 bits per heavy atom.